The number of carbonyl (C=O) groups is 2. The Bertz CT molecular complexity index is 1010. The van der Waals surface area contributed by atoms with Crippen LogP contribution in [0.4, 0.5) is 4.39 Å². The summed E-state index contributed by atoms with van der Waals surface area (Å²) in [6.07, 6.45) is 1.40. The fourth-order valence-electron chi connectivity index (χ4n) is 4.13. The first-order chi connectivity index (χ1) is 15.0. The Kier molecular flexibility index (Phi) is 6.04. The Morgan fingerprint density at radius 3 is 2.58 bits per heavy atom. The van der Waals surface area contributed by atoms with Crippen molar-refractivity contribution in [2.24, 2.45) is 0 Å². The highest BCUT2D eigenvalue weighted by atomic mass is 19.1. The molecular weight excluding hydrogens is 401 g/mol. The number of halogens is 1. The highest BCUT2D eigenvalue weighted by molar-refractivity contribution is 6.46. The van der Waals surface area contributed by atoms with Gasteiger partial charge in [-0.25, -0.2) is 4.39 Å². The van der Waals surface area contributed by atoms with E-state index in [0.717, 1.165) is 12.8 Å². The van der Waals surface area contributed by atoms with Gasteiger partial charge >= 0.3 is 0 Å². The van der Waals surface area contributed by atoms with Gasteiger partial charge in [0.2, 0.25) is 0 Å². The van der Waals surface area contributed by atoms with Crippen LogP contribution in [0.3, 0.4) is 0 Å². The Hall–Kier alpha value is -3.19. The molecule has 0 spiro atoms. The Balaban J connectivity index is 1.79. The van der Waals surface area contributed by atoms with Crippen molar-refractivity contribution in [1.82, 2.24) is 4.90 Å². The molecule has 2 heterocycles. The van der Waals surface area contributed by atoms with E-state index in [1.807, 2.05) is 6.92 Å². The van der Waals surface area contributed by atoms with Crippen LogP contribution in [0.25, 0.3) is 5.76 Å². The number of aliphatic hydroxyl groups excluding tert-OH is 1. The van der Waals surface area contributed by atoms with Gasteiger partial charge in [0, 0.05) is 24.3 Å². The molecule has 2 aliphatic heterocycles. The number of ketones is 1. The number of aliphatic hydroxyl groups is 1. The summed E-state index contributed by atoms with van der Waals surface area (Å²) in [6, 6.07) is 11.5. The predicted molar refractivity (Wildman–Crippen MR) is 112 cm³/mol. The van der Waals surface area contributed by atoms with E-state index in [-0.39, 0.29) is 29.5 Å². The van der Waals surface area contributed by atoms with Gasteiger partial charge in [-0.2, -0.15) is 0 Å². The van der Waals surface area contributed by atoms with Gasteiger partial charge in [0.1, 0.15) is 17.3 Å². The maximum Gasteiger partial charge on any atom is 0.295 e. The molecule has 0 aromatic heterocycles. The van der Waals surface area contributed by atoms with Gasteiger partial charge in [0.05, 0.1) is 24.3 Å². The normalized spacial score (nSPS) is 22.8. The number of ether oxygens (including phenoxy) is 2. The van der Waals surface area contributed by atoms with Crippen LogP contribution in [-0.2, 0) is 14.3 Å². The van der Waals surface area contributed by atoms with Crippen molar-refractivity contribution in [3.05, 3.63) is 71.0 Å². The van der Waals surface area contributed by atoms with Crippen molar-refractivity contribution in [3.8, 4) is 5.75 Å². The van der Waals surface area contributed by atoms with Gasteiger partial charge in [-0.05, 0) is 50.1 Å². The van der Waals surface area contributed by atoms with E-state index >= 15 is 0 Å². The van der Waals surface area contributed by atoms with Crippen LogP contribution >= 0.6 is 0 Å². The zero-order chi connectivity index (χ0) is 22.0. The van der Waals surface area contributed by atoms with Crippen LogP contribution in [-0.4, -0.2) is 47.6 Å². The Labute approximate surface area is 179 Å². The molecule has 2 fully saturated rings. The first kappa shape index (κ1) is 21.1. The molecule has 2 saturated heterocycles. The van der Waals surface area contributed by atoms with Crippen molar-refractivity contribution < 1.29 is 28.6 Å². The standard InChI is InChI=1S/C24H24FNO5/c1-2-30-16-11-9-15(10-12-16)22(27)20-21(18-7-3-4-8-19(18)25)26(24(29)23(20)28)14-17-6-5-13-31-17/h3-4,7-12,17,21,27H,2,5-6,13-14H2,1H3/t17-,21+/m0/s1. The van der Waals surface area contributed by atoms with E-state index in [0.29, 0.717) is 24.5 Å². The van der Waals surface area contributed by atoms with Crippen molar-refractivity contribution in [2.75, 3.05) is 19.8 Å². The number of hydrogen-bond acceptors (Lipinski definition) is 5. The van der Waals surface area contributed by atoms with E-state index in [9.17, 15) is 19.1 Å². The third kappa shape index (κ3) is 4.05. The lowest BCUT2D eigenvalue weighted by Gasteiger charge is -2.27. The average Bonchev–Trinajstić information content (AvgIpc) is 3.37. The molecule has 7 heteroatoms. The molecule has 6 nitrogen and oxygen atoms in total. The smallest absolute Gasteiger partial charge is 0.295 e. The molecule has 4 rings (SSSR count). The van der Waals surface area contributed by atoms with Gasteiger partial charge in [-0.15, -0.1) is 0 Å². The minimum absolute atomic E-state index is 0.128. The highest BCUT2D eigenvalue weighted by Crippen LogP contribution is 2.41. The molecule has 2 atom stereocenters. The first-order valence-electron chi connectivity index (χ1n) is 10.4. The summed E-state index contributed by atoms with van der Waals surface area (Å²) < 4.78 is 25.8. The second-order valence-electron chi connectivity index (χ2n) is 7.57. The average molecular weight is 425 g/mol. The molecule has 2 aromatic rings. The van der Waals surface area contributed by atoms with Gasteiger partial charge in [0.25, 0.3) is 11.7 Å². The number of benzene rings is 2. The number of nitrogens with zero attached hydrogens (tertiary/aromatic N) is 1. The molecule has 0 bridgehead atoms. The second kappa shape index (κ2) is 8.89. The monoisotopic (exact) mass is 425 g/mol. The summed E-state index contributed by atoms with van der Waals surface area (Å²) in [7, 11) is 0. The molecule has 2 aromatic carbocycles. The summed E-state index contributed by atoms with van der Waals surface area (Å²) in [5.41, 5.74) is 0.379. The molecule has 0 aliphatic carbocycles. The highest BCUT2D eigenvalue weighted by Gasteiger charge is 2.47. The summed E-state index contributed by atoms with van der Waals surface area (Å²) in [4.78, 5) is 27.2. The van der Waals surface area contributed by atoms with E-state index < -0.39 is 23.5 Å². The van der Waals surface area contributed by atoms with Crippen molar-refractivity contribution >= 4 is 17.4 Å². The van der Waals surface area contributed by atoms with Crippen LogP contribution in [0.2, 0.25) is 0 Å². The largest absolute Gasteiger partial charge is 0.507 e. The molecule has 162 valence electrons. The van der Waals surface area contributed by atoms with Gasteiger partial charge in [-0.1, -0.05) is 18.2 Å². The molecule has 0 unspecified atom stereocenters. The lowest BCUT2D eigenvalue weighted by atomic mass is 9.94. The van der Waals surface area contributed by atoms with Crippen molar-refractivity contribution in [3.63, 3.8) is 0 Å². The lowest BCUT2D eigenvalue weighted by Crippen LogP contribution is -2.36. The number of hydrogen-bond donors (Lipinski definition) is 1. The van der Waals surface area contributed by atoms with E-state index in [1.165, 1.54) is 23.1 Å². The quantitative estimate of drug-likeness (QED) is 0.433. The maximum atomic E-state index is 14.8. The van der Waals surface area contributed by atoms with E-state index in [1.54, 1.807) is 30.3 Å². The van der Waals surface area contributed by atoms with Gasteiger partial charge in [-0.3, -0.25) is 9.59 Å². The molecular formula is C24H24FNO5. The Morgan fingerprint density at radius 2 is 1.94 bits per heavy atom. The first-order valence-corrected chi connectivity index (χ1v) is 10.4. The number of amides is 1. The molecule has 31 heavy (non-hydrogen) atoms. The fourth-order valence-corrected chi connectivity index (χ4v) is 4.13. The summed E-state index contributed by atoms with van der Waals surface area (Å²) in [6.45, 7) is 3.10. The second-order valence-corrected chi connectivity index (χ2v) is 7.57. The summed E-state index contributed by atoms with van der Waals surface area (Å²) in [5.74, 6) is -1.88. The Morgan fingerprint density at radius 1 is 1.19 bits per heavy atom. The minimum atomic E-state index is -1.03. The topological polar surface area (TPSA) is 76.1 Å². The van der Waals surface area contributed by atoms with Crippen molar-refractivity contribution in [1.29, 1.82) is 0 Å². The van der Waals surface area contributed by atoms with Crippen LogP contribution in [0, 0.1) is 5.82 Å². The number of Topliss-reactive ketones (excluding diaryl/α,β-unsaturated/α-hetero) is 1. The molecule has 0 radical (unpaired) electrons. The number of carbonyl (C=O) groups excluding carboxylic acids is 2. The molecule has 0 saturated carbocycles. The minimum Gasteiger partial charge on any atom is -0.507 e. The maximum absolute atomic E-state index is 14.8. The third-order valence-electron chi connectivity index (χ3n) is 5.60. The fraction of sp³-hybridized carbons (Fsp3) is 0.333. The van der Waals surface area contributed by atoms with E-state index in [2.05, 4.69) is 0 Å². The lowest BCUT2D eigenvalue weighted by molar-refractivity contribution is -0.140. The third-order valence-corrected chi connectivity index (χ3v) is 5.60. The van der Waals surface area contributed by atoms with Crippen LogP contribution < -0.4 is 4.74 Å². The zero-order valence-corrected chi connectivity index (χ0v) is 17.2. The molecule has 2 aliphatic rings. The summed E-state index contributed by atoms with van der Waals surface area (Å²) >= 11 is 0. The zero-order valence-electron chi connectivity index (χ0n) is 17.2. The van der Waals surface area contributed by atoms with Crippen LogP contribution in [0.15, 0.2) is 54.1 Å². The van der Waals surface area contributed by atoms with Crippen LogP contribution in [0.5, 0.6) is 5.75 Å². The number of likely N-dealkylation sites (tertiary alicyclic amines) is 1. The SMILES string of the molecule is CCOc1ccc(C(O)=C2C(=O)C(=O)N(C[C@@H]3CCCO3)[C@@H]2c2ccccc2F)cc1. The van der Waals surface area contributed by atoms with Crippen LogP contribution in [0.1, 0.15) is 36.9 Å². The molecule has 1 amide bonds. The van der Waals surface area contributed by atoms with Gasteiger partial charge < -0.3 is 19.5 Å². The number of rotatable bonds is 6. The summed E-state index contributed by atoms with van der Waals surface area (Å²) in [5, 5.41) is 11.0. The van der Waals surface area contributed by atoms with E-state index in [4.69, 9.17) is 9.47 Å². The predicted octanol–water partition coefficient (Wildman–Crippen LogP) is 3.83. The van der Waals surface area contributed by atoms with Crippen molar-refractivity contribution in [2.45, 2.75) is 31.9 Å². The molecule has 1 N–H and O–H groups in total. The van der Waals surface area contributed by atoms with Gasteiger partial charge in [0.15, 0.2) is 0 Å².